The van der Waals surface area contributed by atoms with Gasteiger partial charge in [-0.25, -0.2) is 4.99 Å². The van der Waals surface area contributed by atoms with Crippen molar-refractivity contribution in [3.63, 3.8) is 0 Å². The number of guanidine groups is 1. The molecule has 124 valence electrons. The molecule has 2 aromatic carbocycles. The van der Waals surface area contributed by atoms with Crippen LogP contribution in [0.25, 0.3) is 10.8 Å². The Bertz CT molecular complexity index is 794. The zero-order chi connectivity index (χ0) is 16.6. The van der Waals surface area contributed by atoms with Gasteiger partial charge in [0.25, 0.3) is 0 Å². The molecule has 0 unspecified atom stereocenters. The maximum absolute atomic E-state index is 5.31. The third-order valence-corrected chi connectivity index (χ3v) is 3.84. The highest BCUT2D eigenvalue weighted by Crippen LogP contribution is 2.15. The molecule has 3 rings (SSSR count). The zero-order valence-corrected chi connectivity index (χ0v) is 14.0. The smallest absolute Gasteiger partial charge is 0.191 e. The van der Waals surface area contributed by atoms with Gasteiger partial charge in [0, 0.05) is 13.1 Å². The van der Waals surface area contributed by atoms with Crippen molar-refractivity contribution >= 4 is 16.7 Å². The van der Waals surface area contributed by atoms with Crippen LogP contribution in [0.5, 0.6) is 0 Å². The van der Waals surface area contributed by atoms with Gasteiger partial charge in [-0.05, 0) is 41.8 Å². The van der Waals surface area contributed by atoms with Crippen molar-refractivity contribution in [2.45, 2.75) is 19.9 Å². The van der Waals surface area contributed by atoms with Gasteiger partial charge in [0.05, 0.1) is 6.26 Å². The maximum atomic E-state index is 5.31. The Morgan fingerprint density at radius 3 is 2.67 bits per heavy atom. The summed E-state index contributed by atoms with van der Waals surface area (Å²) >= 11 is 0. The Morgan fingerprint density at radius 2 is 1.88 bits per heavy atom. The highest BCUT2D eigenvalue weighted by Gasteiger charge is 2.00. The molecule has 0 aliphatic rings. The Morgan fingerprint density at radius 1 is 1.00 bits per heavy atom. The molecule has 0 aliphatic carbocycles. The largest absolute Gasteiger partial charge is 0.467 e. The van der Waals surface area contributed by atoms with Crippen LogP contribution in [-0.2, 0) is 13.0 Å². The number of hydrogen-bond donors (Lipinski definition) is 2. The average molecular weight is 321 g/mol. The Hall–Kier alpha value is -2.75. The molecule has 3 aromatic rings. The predicted octanol–water partition coefficient (Wildman–Crippen LogP) is 3.73. The molecule has 0 saturated heterocycles. The van der Waals surface area contributed by atoms with Gasteiger partial charge in [-0.1, -0.05) is 42.5 Å². The minimum atomic E-state index is 0.540. The van der Waals surface area contributed by atoms with E-state index in [2.05, 4.69) is 65.0 Å². The number of rotatable bonds is 6. The third-order valence-electron chi connectivity index (χ3n) is 3.84. The van der Waals surface area contributed by atoms with Crippen molar-refractivity contribution in [1.29, 1.82) is 0 Å². The van der Waals surface area contributed by atoms with E-state index in [1.54, 1.807) is 6.26 Å². The Labute approximate surface area is 142 Å². The van der Waals surface area contributed by atoms with Crippen molar-refractivity contribution in [2.75, 3.05) is 13.1 Å². The van der Waals surface area contributed by atoms with Crippen molar-refractivity contribution < 1.29 is 4.42 Å². The quantitative estimate of drug-likeness (QED) is 0.537. The van der Waals surface area contributed by atoms with Crippen molar-refractivity contribution in [1.82, 2.24) is 10.6 Å². The lowest BCUT2D eigenvalue weighted by Crippen LogP contribution is -2.38. The summed E-state index contributed by atoms with van der Waals surface area (Å²) < 4.78 is 5.31. The molecular weight excluding hydrogens is 298 g/mol. The number of hydrogen-bond acceptors (Lipinski definition) is 2. The van der Waals surface area contributed by atoms with Gasteiger partial charge in [-0.3, -0.25) is 0 Å². The van der Waals surface area contributed by atoms with Crippen molar-refractivity contribution in [3.8, 4) is 0 Å². The predicted molar refractivity (Wildman–Crippen MR) is 99.2 cm³/mol. The van der Waals surface area contributed by atoms with E-state index in [4.69, 9.17) is 4.42 Å². The van der Waals surface area contributed by atoms with Crippen molar-refractivity contribution in [2.24, 2.45) is 4.99 Å². The molecule has 0 radical (unpaired) electrons. The van der Waals surface area contributed by atoms with Crippen molar-refractivity contribution in [3.05, 3.63) is 72.2 Å². The lowest BCUT2D eigenvalue weighted by Gasteiger charge is -2.11. The number of nitrogens with one attached hydrogen (secondary N) is 2. The van der Waals surface area contributed by atoms with Crippen LogP contribution in [0.4, 0.5) is 0 Å². The fourth-order valence-corrected chi connectivity index (χ4v) is 2.62. The third kappa shape index (κ3) is 4.38. The van der Waals surface area contributed by atoms with Crippen LogP contribution in [0, 0.1) is 0 Å². The minimum Gasteiger partial charge on any atom is -0.467 e. The van der Waals surface area contributed by atoms with E-state index in [-0.39, 0.29) is 0 Å². The Balaban J connectivity index is 1.56. The van der Waals surface area contributed by atoms with Gasteiger partial charge in [0.1, 0.15) is 12.3 Å². The molecule has 0 spiro atoms. The average Bonchev–Trinajstić information content (AvgIpc) is 3.13. The fourth-order valence-electron chi connectivity index (χ4n) is 2.62. The van der Waals surface area contributed by atoms with E-state index in [9.17, 15) is 0 Å². The second kappa shape index (κ2) is 8.20. The monoisotopic (exact) mass is 321 g/mol. The van der Waals surface area contributed by atoms with Gasteiger partial charge >= 0.3 is 0 Å². The first kappa shape index (κ1) is 16.1. The van der Waals surface area contributed by atoms with E-state index in [0.29, 0.717) is 6.54 Å². The van der Waals surface area contributed by atoms with E-state index in [0.717, 1.165) is 31.2 Å². The fraction of sp³-hybridized carbons (Fsp3) is 0.250. The SMILES string of the molecule is CCNC(=NCc1ccco1)NCCc1ccc2ccccc2c1. The summed E-state index contributed by atoms with van der Waals surface area (Å²) in [6.45, 7) is 4.27. The van der Waals surface area contributed by atoms with Gasteiger partial charge < -0.3 is 15.1 Å². The van der Waals surface area contributed by atoms with Crippen LogP contribution in [-0.4, -0.2) is 19.0 Å². The summed E-state index contributed by atoms with van der Waals surface area (Å²) in [6.07, 6.45) is 2.63. The number of nitrogens with zero attached hydrogens (tertiary/aromatic N) is 1. The molecule has 0 atom stereocenters. The molecular formula is C20H23N3O. The van der Waals surface area contributed by atoms with E-state index >= 15 is 0 Å². The van der Waals surface area contributed by atoms with Crippen LogP contribution in [0.1, 0.15) is 18.2 Å². The van der Waals surface area contributed by atoms with Gasteiger partial charge in [0.15, 0.2) is 5.96 Å². The molecule has 4 heteroatoms. The lowest BCUT2D eigenvalue weighted by atomic mass is 10.1. The topological polar surface area (TPSA) is 49.6 Å². The normalized spacial score (nSPS) is 11.6. The molecule has 0 fully saturated rings. The number of furan rings is 1. The second-order valence-corrected chi connectivity index (χ2v) is 5.63. The maximum Gasteiger partial charge on any atom is 0.191 e. The van der Waals surface area contributed by atoms with E-state index in [1.165, 1.54) is 16.3 Å². The first-order chi connectivity index (χ1) is 11.8. The van der Waals surface area contributed by atoms with Crippen LogP contribution < -0.4 is 10.6 Å². The summed E-state index contributed by atoms with van der Waals surface area (Å²) in [5, 5.41) is 9.20. The molecule has 0 aliphatic heterocycles. The highest BCUT2D eigenvalue weighted by molar-refractivity contribution is 5.83. The summed E-state index contributed by atoms with van der Waals surface area (Å²) in [4.78, 5) is 4.54. The molecule has 1 heterocycles. The second-order valence-electron chi connectivity index (χ2n) is 5.63. The molecule has 1 aromatic heterocycles. The van der Waals surface area contributed by atoms with E-state index in [1.807, 2.05) is 12.1 Å². The Kier molecular flexibility index (Phi) is 5.51. The summed E-state index contributed by atoms with van der Waals surface area (Å²) in [7, 11) is 0. The molecule has 2 N–H and O–H groups in total. The van der Waals surface area contributed by atoms with Gasteiger partial charge in [0.2, 0.25) is 0 Å². The van der Waals surface area contributed by atoms with Gasteiger partial charge in [-0.2, -0.15) is 0 Å². The summed E-state index contributed by atoms with van der Waals surface area (Å²) in [6, 6.07) is 18.9. The first-order valence-electron chi connectivity index (χ1n) is 8.37. The van der Waals surface area contributed by atoms with Crippen LogP contribution in [0.2, 0.25) is 0 Å². The number of aliphatic imine (C=N–C) groups is 1. The zero-order valence-electron chi connectivity index (χ0n) is 14.0. The number of fused-ring (bicyclic) bond motifs is 1. The molecule has 24 heavy (non-hydrogen) atoms. The molecule has 0 amide bonds. The summed E-state index contributed by atoms with van der Waals surface area (Å²) in [5.74, 6) is 1.68. The summed E-state index contributed by atoms with van der Waals surface area (Å²) in [5.41, 5.74) is 1.32. The van der Waals surface area contributed by atoms with Gasteiger partial charge in [-0.15, -0.1) is 0 Å². The minimum absolute atomic E-state index is 0.540. The lowest BCUT2D eigenvalue weighted by molar-refractivity contribution is 0.512. The standard InChI is InChI=1S/C20H23N3O/c1-2-21-20(23-15-19-8-5-13-24-19)22-12-11-16-9-10-17-6-3-4-7-18(17)14-16/h3-10,13-14H,2,11-12,15H2,1H3,(H2,21,22,23). The highest BCUT2D eigenvalue weighted by atomic mass is 16.3. The number of benzene rings is 2. The van der Waals surface area contributed by atoms with Crippen LogP contribution >= 0.6 is 0 Å². The van der Waals surface area contributed by atoms with Crippen LogP contribution in [0.15, 0.2) is 70.3 Å². The molecule has 0 saturated carbocycles. The van der Waals surface area contributed by atoms with Crippen LogP contribution in [0.3, 0.4) is 0 Å². The van der Waals surface area contributed by atoms with E-state index < -0.39 is 0 Å². The molecule has 0 bridgehead atoms. The first-order valence-corrected chi connectivity index (χ1v) is 8.37. The molecule has 4 nitrogen and oxygen atoms in total.